The molecule has 0 aliphatic carbocycles. The predicted molar refractivity (Wildman–Crippen MR) is 116 cm³/mol. The Morgan fingerprint density at radius 1 is 1.27 bits per heavy atom. The van der Waals surface area contributed by atoms with Crippen molar-refractivity contribution in [1.82, 2.24) is 9.88 Å². The van der Waals surface area contributed by atoms with Gasteiger partial charge in [0.1, 0.15) is 29.9 Å². The lowest BCUT2D eigenvalue weighted by Crippen LogP contribution is -2.37. The van der Waals surface area contributed by atoms with E-state index in [2.05, 4.69) is 4.98 Å². The van der Waals surface area contributed by atoms with Crippen LogP contribution in [0.4, 0.5) is 0 Å². The topological polar surface area (TPSA) is 75.8 Å². The van der Waals surface area contributed by atoms with Crippen LogP contribution in [-0.4, -0.2) is 38.6 Å². The summed E-state index contributed by atoms with van der Waals surface area (Å²) < 4.78 is 11.8. The molecule has 2 heterocycles. The Labute approximate surface area is 179 Å². The lowest BCUT2D eigenvalue weighted by atomic mass is 10.1. The third-order valence-electron chi connectivity index (χ3n) is 5.11. The summed E-state index contributed by atoms with van der Waals surface area (Å²) in [6.07, 6.45) is 0. The maximum atomic E-state index is 11.4. The first-order valence-corrected chi connectivity index (χ1v) is 10.9. The third-order valence-corrected chi connectivity index (χ3v) is 6.18. The van der Waals surface area contributed by atoms with E-state index in [1.54, 1.807) is 11.8 Å². The van der Waals surface area contributed by atoms with Crippen molar-refractivity contribution in [3.05, 3.63) is 71.1 Å². The quantitative estimate of drug-likeness (QED) is 0.598. The molecule has 0 radical (unpaired) electrons. The zero-order valence-corrected chi connectivity index (χ0v) is 17.8. The lowest BCUT2D eigenvalue weighted by Gasteiger charge is -2.20. The first-order chi connectivity index (χ1) is 14.5. The summed E-state index contributed by atoms with van der Waals surface area (Å²) >= 11 is 1.65. The van der Waals surface area contributed by atoms with Gasteiger partial charge in [0.05, 0.1) is 0 Å². The Hall–Kier alpha value is -2.77. The number of hydrogen-bond donors (Lipinski definition) is 1. The van der Waals surface area contributed by atoms with Crippen LogP contribution in [0.15, 0.2) is 52.9 Å². The van der Waals surface area contributed by atoms with Crippen LogP contribution in [0.1, 0.15) is 22.6 Å². The fourth-order valence-corrected chi connectivity index (χ4v) is 4.55. The van der Waals surface area contributed by atoms with Gasteiger partial charge in [0.2, 0.25) is 5.89 Å². The molecule has 0 amide bonds. The second kappa shape index (κ2) is 8.93. The second-order valence-electron chi connectivity index (χ2n) is 7.42. The van der Waals surface area contributed by atoms with Gasteiger partial charge in [0, 0.05) is 23.7 Å². The summed E-state index contributed by atoms with van der Waals surface area (Å²) in [4.78, 5) is 18.0. The van der Waals surface area contributed by atoms with Gasteiger partial charge in [-0.1, -0.05) is 29.8 Å². The first-order valence-electron chi connectivity index (χ1n) is 9.79. The Morgan fingerprint density at radius 2 is 2.07 bits per heavy atom. The Kier molecular flexibility index (Phi) is 6.11. The molecular weight excluding hydrogens is 400 g/mol. The van der Waals surface area contributed by atoms with Gasteiger partial charge in [0.25, 0.3) is 0 Å². The van der Waals surface area contributed by atoms with E-state index in [1.165, 1.54) is 5.56 Å². The molecule has 0 saturated carbocycles. The smallest absolute Gasteiger partial charge is 0.321 e. The van der Waals surface area contributed by atoms with Crippen LogP contribution < -0.4 is 4.74 Å². The van der Waals surface area contributed by atoms with Gasteiger partial charge in [-0.15, -0.1) is 11.8 Å². The zero-order valence-electron chi connectivity index (χ0n) is 17.0. The third kappa shape index (κ3) is 4.68. The maximum Gasteiger partial charge on any atom is 0.321 e. The van der Waals surface area contributed by atoms with Crippen LogP contribution in [0, 0.1) is 13.8 Å². The van der Waals surface area contributed by atoms with Crippen molar-refractivity contribution in [3.8, 4) is 17.2 Å². The van der Waals surface area contributed by atoms with Gasteiger partial charge < -0.3 is 14.3 Å². The van der Waals surface area contributed by atoms with E-state index >= 15 is 0 Å². The number of hydrogen-bond acceptors (Lipinski definition) is 6. The van der Waals surface area contributed by atoms with E-state index in [-0.39, 0.29) is 0 Å². The molecule has 1 saturated heterocycles. The molecule has 1 aliphatic rings. The average Bonchev–Trinajstić information content (AvgIpc) is 3.34. The van der Waals surface area contributed by atoms with Gasteiger partial charge in [0.15, 0.2) is 0 Å². The van der Waals surface area contributed by atoms with Gasteiger partial charge in [-0.25, -0.2) is 4.98 Å². The Morgan fingerprint density at radius 3 is 2.83 bits per heavy atom. The summed E-state index contributed by atoms with van der Waals surface area (Å²) in [5.41, 5.74) is 3.91. The van der Waals surface area contributed by atoms with E-state index in [4.69, 9.17) is 9.15 Å². The van der Waals surface area contributed by atoms with E-state index in [9.17, 15) is 9.90 Å². The summed E-state index contributed by atoms with van der Waals surface area (Å²) in [7, 11) is 0. The molecule has 156 valence electrons. The van der Waals surface area contributed by atoms with Crippen LogP contribution in [0.25, 0.3) is 11.5 Å². The number of oxazole rings is 1. The van der Waals surface area contributed by atoms with Crippen LogP contribution in [0.3, 0.4) is 0 Å². The van der Waals surface area contributed by atoms with Crippen molar-refractivity contribution in [2.45, 2.75) is 33.0 Å². The number of nitrogens with zero attached hydrogens (tertiary/aromatic N) is 2. The molecule has 0 bridgehead atoms. The highest BCUT2D eigenvalue weighted by atomic mass is 32.2. The fourth-order valence-electron chi connectivity index (χ4n) is 3.36. The molecule has 0 spiro atoms. The Bertz CT molecular complexity index is 1030. The zero-order chi connectivity index (χ0) is 21.1. The normalized spacial score (nSPS) is 16.7. The van der Waals surface area contributed by atoms with Crippen molar-refractivity contribution in [2.75, 3.05) is 11.6 Å². The molecule has 30 heavy (non-hydrogen) atoms. The predicted octanol–water partition coefficient (Wildman–Crippen LogP) is 4.50. The molecule has 4 rings (SSSR count). The number of thioether (sulfide) groups is 1. The standard InChI is InChI=1S/C23H24N2O4S/c1-15-6-8-18(9-7-15)22-24-20(16(2)29-22)12-28-19-5-3-4-17(10-19)11-25-14-30-13-21(25)23(26)27/h3-10,21H,11-14H2,1-2H3,(H,26,27)/t21-/m0/s1. The van der Waals surface area contributed by atoms with Crippen LogP contribution in [0.2, 0.25) is 0 Å². The number of carboxylic acids is 1. The lowest BCUT2D eigenvalue weighted by molar-refractivity contribution is -0.141. The van der Waals surface area contributed by atoms with Crippen molar-refractivity contribution < 1.29 is 19.1 Å². The number of carbonyl (C=O) groups is 1. The maximum absolute atomic E-state index is 11.4. The molecule has 2 aromatic carbocycles. The monoisotopic (exact) mass is 424 g/mol. The number of rotatable bonds is 7. The molecule has 3 aromatic rings. The SMILES string of the molecule is Cc1ccc(-c2nc(COc3cccc(CN4CSC[C@H]4C(=O)O)c3)c(C)o2)cc1. The Balaban J connectivity index is 1.41. The molecule has 1 fully saturated rings. The summed E-state index contributed by atoms with van der Waals surface area (Å²) in [6, 6.07) is 15.4. The van der Waals surface area contributed by atoms with E-state index in [0.717, 1.165) is 34.2 Å². The van der Waals surface area contributed by atoms with Crippen LogP contribution >= 0.6 is 11.8 Å². The number of aliphatic carboxylic acids is 1. The minimum Gasteiger partial charge on any atom is -0.487 e. The van der Waals surface area contributed by atoms with E-state index in [0.29, 0.717) is 24.8 Å². The second-order valence-corrected chi connectivity index (χ2v) is 8.42. The van der Waals surface area contributed by atoms with E-state index < -0.39 is 12.0 Å². The van der Waals surface area contributed by atoms with Crippen molar-refractivity contribution >= 4 is 17.7 Å². The molecule has 1 atom stereocenters. The molecule has 1 aromatic heterocycles. The van der Waals surface area contributed by atoms with Gasteiger partial charge in [-0.2, -0.15) is 0 Å². The van der Waals surface area contributed by atoms with Gasteiger partial charge in [-0.05, 0) is 43.7 Å². The fraction of sp³-hybridized carbons (Fsp3) is 0.304. The largest absolute Gasteiger partial charge is 0.487 e. The minimum absolute atomic E-state index is 0.308. The summed E-state index contributed by atoms with van der Waals surface area (Å²) in [5, 5.41) is 9.35. The molecule has 1 N–H and O–H groups in total. The number of aromatic nitrogens is 1. The van der Waals surface area contributed by atoms with Crippen molar-refractivity contribution in [3.63, 3.8) is 0 Å². The molecule has 7 heteroatoms. The molecule has 1 aliphatic heterocycles. The van der Waals surface area contributed by atoms with Crippen molar-refractivity contribution in [2.24, 2.45) is 0 Å². The van der Waals surface area contributed by atoms with Crippen molar-refractivity contribution in [1.29, 1.82) is 0 Å². The van der Waals surface area contributed by atoms with Gasteiger partial charge >= 0.3 is 5.97 Å². The summed E-state index contributed by atoms with van der Waals surface area (Å²) in [5.74, 6) is 2.64. The number of benzene rings is 2. The number of ether oxygens (including phenoxy) is 1. The average molecular weight is 425 g/mol. The first kappa shape index (κ1) is 20.5. The van der Waals surface area contributed by atoms with Gasteiger partial charge in [-0.3, -0.25) is 9.69 Å². The highest BCUT2D eigenvalue weighted by Crippen LogP contribution is 2.26. The van der Waals surface area contributed by atoms with E-state index in [1.807, 2.05) is 67.3 Å². The number of carboxylic acid groups (broad SMARTS) is 1. The molecular formula is C23H24N2O4S. The van der Waals surface area contributed by atoms with Crippen LogP contribution in [-0.2, 0) is 17.9 Å². The highest BCUT2D eigenvalue weighted by Gasteiger charge is 2.30. The highest BCUT2D eigenvalue weighted by molar-refractivity contribution is 7.99. The number of aryl methyl sites for hydroxylation is 2. The summed E-state index contributed by atoms with van der Waals surface area (Å²) in [6.45, 7) is 4.82. The minimum atomic E-state index is -0.765. The molecule has 6 nitrogen and oxygen atoms in total. The van der Waals surface area contributed by atoms with Crippen LogP contribution in [0.5, 0.6) is 5.75 Å². The molecule has 0 unspecified atom stereocenters.